The Kier molecular flexibility index (Phi) is 3.76. The van der Waals surface area contributed by atoms with Gasteiger partial charge in [0, 0.05) is 9.49 Å². The van der Waals surface area contributed by atoms with Crippen LogP contribution in [0.15, 0.2) is 24.3 Å². The number of anilines is 1. The summed E-state index contributed by atoms with van der Waals surface area (Å²) in [6.45, 7) is 4.39. The fourth-order valence-corrected chi connectivity index (χ4v) is 3.12. The third kappa shape index (κ3) is 2.81. The number of halogens is 1. The lowest BCUT2D eigenvalue weighted by Gasteiger charge is -2.26. The van der Waals surface area contributed by atoms with E-state index in [1.165, 1.54) is 0 Å². The Morgan fingerprint density at radius 3 is 2.71 bits per heavy atom. The molecule has 1 atom stereocenters. The van der Waals surface area contributed by atoms with Crippen LogP contribution >= 0.6 is 22.6 Å². The van der Waals surface area contributed by atoms with E-state index < -0.39 is 0 Å². The fourth-order valence-electron chi connectivity index (χ4n) is 2.60. The summed E-state index contributed by atoms with van der Waals surface area (Å²) in [5.74, 6) is 0.329. The van der Waals surface area contributed by atoms with E-state index in [4.69, 9.17) is 0 Å². The number of hydrogen-bond acceptors (Lipinski definition) is 1. The zero-order valence-corrected chi connectivity index (χ0v) is 12.5. The molecule has 1 aliphatic rings. The highest BCUT2D eigenvalue weighted by molar-refractivity contribution is 14.1. The van der Waals surface area contributed by atoms with Crippen molar-refractivity contribution in [3.8, 4) is 0 Å². The van der Waals surface area contributed by atoms with Gasteiger partial charge in [0.25, 0.3) is 0 Å². The lowest BCUT2D eigenvalue weighted by Crippen LogP contribution is -2.31. The second kappa shape index (κ2) is 4.96. The highest BCUT2D eigenvalue weighted by Crippen LogP contribution is 2.43. The Hall–Kier alpha value is -0.580. The van der Waals surface area contributed by atoms with Gasteiger partial charge in [-0.2, -0.15) is 0 Å². The van der Waals surface area contributed by atoms with E-state index in [0.717, 1.165) is 28.5 Å². The maximum absolute atomic E-state index is 12.3. The summed E-state index contributed by atoms with van der Waals surface area (Å²) < 4.78 is 1.09. The van der Waals surface area contributed by atoms with Crippen LogP contribution in [0, 0.1) is 14.9 Å². The topological polar surface area (TPSA) is 29.1 Å². The summed E-state index contributed by atoms with van der Waals surface area (Å²) in [5, 5.41) is 3.06. The zero-order valence-electron chi connectivity index (χ0n) is 10.3. The van der Waals surface area contributed by atoms with Gasteiger partial charge in [-0.25, -0.2) is 0 Å². The van der Waals surface area contributed by atoms with Crippen LogP contribution in [0.1, 0.15) is 33.1 Å². The van der Waals surface area contributed by atoms with Crippen molar-refractivity contribution in [2.45, 2.75) is 33.1 Å². The predicted molar refractivity (Wildman–Crippen MR) is 78.9 cm³/mol. The predicted octanol–water partition coefficient (Wildman–Crippen LogP) is 4.06. The first-order valence-electron chi connectivity index (χ1n) is 6.06. The minimum absolute atomic E-state index is 0.143. The van der Waals surface area contributed by atoms with Gasteiger partial charge in [0.2, 0.25) is 5.91 Å². The van der Waals surface area contributed by atoms with E-state index in [9.17, 15) is 4.79 Å². The van der Waals surface area contributed by atoms with Crippen LogP contribution in [0.5, 0.6) is 0 Å². The minimum atomic E-state index is 0.143. The molecule has 1 saturated carbocycles. The molecular weight excluding hydrogens is 325 g/mol. The van der Waals surface area contributed by atoms with Crippen LogP contribution in [-0.4, -0.2) is 5.91 Å². The van der Waals surface area contributed by atoms with E-state index >= 15 is 0 Å². The van der Waals surface area contributed by atoms with E-state index in [1.54, 1.807) is 0 Å². The Morgan fingerprint density at radius 1 is 1.41 bits per heavy atom. The summed E-state index contributed by atoms with van der Waals surface area (Å²) in [6.07, 6.45) is 3.33. The molecule has 0 bridgehead atoms. The molecule has 1 aliphatic carbocycles. The number of carbonyl (C=O) groups is 1. The molecule has 1 unspecified atom stereocenters. The normalized spacial score (nSPS) is 22.4. The van der Waals surface area contributed by atoms with Gasteiger partial charge in [-0.15, -0.1) is 0 Å². The van der Waals surface area contributed by atoms with Gasteiger partial charge >= 0.3 is 0 Å². The zero-order chi connectivity index (χ0) is 12.5. The average Bonchev–Trinajstić information content (AvgIpc) is 2.61. The van der Waals surface area contributed by atoms with Crippen molar-refractivity contribution in [1.29, 1.82) is 0 Å². The molecule has 1 fully saturated rings. The van der Waals surface area contributed by atoms with E-state index in [-0.39, 0.29) is 17.2 Å². The highest BCUT2D eigenvalue weighted by Gasteiger charge is 2.39. The van der Waals surface area contributed by atoms with E-state index in [1.807, 2.05) is 24.3 Å². The molecule has 1 aromatic rings. The Labute approximate surface area is 116 Å². The molecule has 92 valence electrons. The van der Waals surface area contributed by atoms with Crippen molar-refractivity contribution in [1.82, 2.24) is 0 Å². The molecule has 0 heterocycles. The first kappa shape index (κ1) is 12.9. The van der Waals surface area contributed by atoms with Crippen LogP contribution in [0.25, 0.3) is 0 Å². The van der Waals surface area contributed by atoms with Crippen LogP contribution in [-0.2, 0) is 4.79 Å². The number of benzene rings is 1. The van der Waals surface area contributed by atoms with Gasteiger partial charge in [0.05, 0.1) is 5.69 Å². The summed E-state index contributed by atoms with van der Waals surface area (Å²) >= 11 is 2.25. The van der Waals surface area contributed by atoms with Gasteiger partial charge in [0.15, 0.2) is 0 Å². The first-order valence-corrected chi connectivity index (χ1v) is 7.14. The molecule has 2 nitrogen and oxygen atoms in total. The Bertz CT molecular complexity index is 428. The molecule has 0 spiro atoms. The van der Waals surface area contributed by atoms with Gasteiger partial charge in [0.1, 0.15) is 0 Å². The van der Waals surface area contributed by atoms with Crippen LogP contribution in [0.2, 0.25) is 0 Å². The van der Waals surface area contributed by atoms with Crippen molar-refractivity contribution < 1.29 is 4.79 Å². The quantitative estimate of drug-likeness (QED) is 0.807. The van der Waals surface area contributed by atoms with Gasteiger partial charge in [-0.05, 0) is 53.0 Å². The molecule has 0 saturated heterocycles. The Balaban J connectivity index is 2.10. The average molecular weight is 343 g/mol. The van der Waals surface area contributed by atoms with Crippen molar-refractivity contribution in [3.63, 3.8) is 0 Å². The number of amides is 1. The number of rotatable bonds is 2. The van der Waals surface area contributed by atoms with Crippen molar-refractivity contribution in [3.05, 3.63) is 27.8 Å². The molecule has 3 heteroatoms. The molecule has 1 aromatic carbocycles. The van der Waals surface area contributed by atoms with Crippen LogP contribution in [0.3, 0.4) is 0 Å². The van der Waals surface area contributed by atoms with Crippen molar-refractivity contribution in [2.75, 3.05) is 5.32 Å². The number of hydrogen-bond donors (Lipinski definition) is 1. The smallest absolute Gasteiger partial charge is 0.228 e. The second-order valence-corrected chi connectivity index (χ2v) is 6.56. The fraction of sp³-hybridized carbons (Fsp3) is 0.500. The molecule has 0 radical (unpaired) electrons. The van der Waals surface area contributed by atoms with Crippen molar-refractivity contribution >= 4 is 34.2 Å². The molecular formula is C14H18INO. The highest BCUT2D eigenvalue weighted by atomic mass is 127. The van der Waals surface area contributed by atoms with Crippen LogP contribution in [0.4, 0.5) is 5.69 Å². The molecule has 1 N–H and O–H groups in total. The van der Waals surface area contributed by atoms with Crippen molar-refractivity contribution in [2.24, 2.45) is 11.3 Å². The SMILES string of the molecule is CC1(C)CCCC1C(=O)Nc1ccccc1I. The summed E-state index contributed by atoms with van der Waals surface area (Å²) in [6, 6.07) is 7.91. The van der Waals surface area contributed by atoms with Gasteiger partial charge in [-0.1, -0.05) is 32.4 Å². The number of carbonyl (C=O) groups excluding carboxylic acids is 1. The lowest BCUT2D eigenvalue weighted by atomic mass is 9.81. The maximum Gasteiger partial charge on any atom is 0.228 e. The van der Waals surface area contributed by atoms with Crippen LogP contribution < -0.4 is 5.32 Å². The molecule has 2 rings (SSSR count). The largest absolute Gasteiger partial charge is 0.325 e. The first-order chi connectivity index (χ1) is 8.00. The van der Waals surface area contributed by atoms with Gasteiger partial charge in [-0.3, -0.25) is 4.79 Å². The molecule has 1 amide bonds. The maximum atomic E-state index is 12.3. The summed E-state index contributed by atoms with van der Waals surface area (Å²) in [4.78, 5) is 12.3. The monoisotopic (exact) mass is 343 g/mol. The third-order valence-corrected chi connectivity index (χ3v) is 4.65. The Morgan fingerprint density at radius 2 is 2.12 bits per heavy atom. The number of nitrogens with one attached hydrogen (secondary N) is 1. The lowest BCUT2D eigenvalue weighted by molar-refractivity contribution is -0.122. The molecule has 0 aromatic heterocycles. The summed E-state index contributed by atoms with van der Waals surface area (Å²) in [7, 11) is 0. The second-order valence-electron chi connectivity index (χ2n) is 5.40. The third-order valence-electron chi connectivity index (χ3n) is 3.71. The van der Waals surface area contributed by atoms with E-state index in [2.05, 4.69) is 41.8 Å². The standard InChI is InChI=1S/C14H18INO/c1-14(2)9-5-6-10(14)13(17)16-12-8-4-3-7-11(12)15/h3-4,7-8,10H,5-6,9H2,1-2H3,(H,16,17). The van der Waals surface area contributed by atoms with Gasteiger partial charge < -0.3 is 5.32 Å². The molecule has 17 heavy (non-hydrogen) atoms. The van der Waals surface area contributed by atoms with E-state index in [0.29, 0.717) is 0 Å². The molecule has 0 aliphatic heterocycles. The number of para-hydroxylation sites is 1. The summed E-state index contributed by atoms with van der Waals surface area (Å²) in [5.41, 5.74) is 1.07. The minimum Gasteiger partial charge on any atom is -0.325 e.